The van der Waals surface area contributed by atoms with Crippen molar-refractivity contribution in [2.24, 2.45) is 5.14 Å². The number of anilines is 1. The predicted molar refractivity (Wildman–Crippen MR) is 109 cm³/mol. The quantitative estimate of drug-likeness (QED) is 0.470. The van der Waals surface area contributed by atoms with Crippen molar-refractivity contribution in [3.63, 3.8) is 0 Å². The van der Waals surface area contributed by atoms with Crippen LogP contribution in [0, 0.1) is 12.7 Å². The molecule has 11 nitrogen and oxygen atoms in total. The number of ether oxygens (including phenoxy) is 1. The zero-order valence-corrected chi connectivity index (χ0v) is 17.8. The van der Waals surface area contributed by atoms with Crippen LogP contribution in [-0.4, -0.2) is 52.1 Å². The molecule has 2 aromatic heterocycles. The lowest BCUT2D eigenvalue weighted by Gasteiger charge is -2.14. The van der Waals surface area contributed by atoms with E-state index in [9.17, 15) is 17.9 Å². The topological polar surface area (TPSA) is 168 Å². The Morgan fingerprint density at radius 3 is 2.90 bits per heavy atom. The van der Waals surface area contributed by atoms with Gasteiger partial charge in [0.2, 0.25) is 0 Å². The molecule has 4 rings (SSSR count). The minimum atomic E-state index is -4.18. The largest absolute Gasteiger partial charge is 0.390 e. The maximum Gasteiger partial charge on any atom is 0.333 e. The summed E-state index contributed by atoms with van der Waals surface area (Å²) in [5.74, 6) is -0.255. The number of aliphatic hydroxyl groups excluding tert-OH is 1. The summed E-state index contributed by atoms with van der Waals surface area (Å²) in [7, 11) is -4.18. The van der Waals surface area contributed by atoms with E-state index in [1.165, 1.54) is 17.1 Å². The molecule has 0 spiro atoms. The monoisotopic (exact) mass is 470 g/mol. The van der Waals surface area contributed by atoms with Gasteiger partial charge < -0.3 is 15.6 Å². The van der Waals surface area contributed by atoms with Gasteiger partial charge in [0, 0.05) is 11.3 Å². The first-order chi connectivity index (χ1) is 14.6. The number of hydrogen-bond donors (Lipinski definition) is 3. The number of halogens is 1. The van der Waals surface area contributed by atoms with Crippen LogP contribution in [-0.2, 0) is 19.2 Å². The first-order valence-corrected chi connectivity index (χ1v) is 11.3. The Bertz CT molecular complexity index is 1240. The highest BCUT2D eigenvalue weighted by Crippen LogP contribution is 2.39. The molecule has 5 N–H and O–H groups in total. The van der Waals surface area contributed by atoms with E-state index < -0.39 is 41.2 Å². The molecule has 14 heteroatoms. The minimum absolute atomic E-state index is 0.0856. The summed E-state index contributed by atoms with van der Waals surface area (Å²) in [6.45, 7) is 1.33. The lowest BCUT2D eigenvalue weighted by Crippen LogP contribution is -2.30. The van der Waals surface area contributed by atoms with E-state index >= 15 is 0 Å². The Kier molecular flexibility index (Phi) is 5.85. The molecule has 1 aliphatic heterocycles. The van der Waals surface area contributed by atoms with Crippen LogP contribution in [0.5, 0.6) is 0 Å². The molecule has 0 saturated carbocycles. The SMILES string of the molecule is Cc1ccc(Sc2nn([C@H]3C[C@@H](O)[C@@H](COS(N)(=O)=O)O3)c3ncnc(N)c23)c(F)c1. The van der Waals surface area contributed by atoms with Gasteiger partial charge in [0.1, 0.15) is 29.1 Å². The van der Waals surface area contributed by atoms with Crippen LogP contribution in [0.15, 0.2) is 34.4 Å². The molecule has 1 saturated heterocycles. The highest BCUT2D eigenvalue weighted by atomic mass is 32.2. The van der Waals surface area contributed by atoms with Crippen molar-refractivity contribution in [3.05, 3.63) is 35.9 Å². The van der Waals surface area contributed by atoms with Gasteiger partial charge in [-0.3, -0.25) is 4.18 Å². The third-order valence-electron chi connectivity index (χ3n) is 4.65. The molecule has 31 heavy (non-hydrogen) atoms. The average molecular weight is 471 g/mol. The molecule has 0 amide bonds. The highest BCUT2D eigenvalue weighted by molar-refractivity contribution is 7.99. The normalized spacial score (nSPS) is 21.7. The molecule has 1 aromatic carbocycles. The van der Waals surface area contributed by atoms with Crippen LogP contribution >= 0.6 is 11.8 Å². The molecule has 1 aliphatic rings. The predicted octanol–water partition coefficient (Wildman–Crippen LogP) is 0.876. The van der Waals surface area contributed by atoms with E-state index in [2.05, 4.69) is 19.2 Å². The number of rotatable bonds is 6. The van der Waals surface area contributed by atoms with E-state index in [0.717, 1.165) is 17.3 Å². The van der Waals surface area contributed by atoms with Gasteiger partial charge in [-0.05, 0) is 24.6 Å². The summed E-state index contributed by atoms with van der Waals surface area (Å²) >= 11 is 1.06. The average Bonchev–Trinajstić information content (AvgIpc) is 3.23. The zero-order valence-electron chi connectivity index (χ0n) is 16.2. The summed E-state index contributed by atoms with van der Waals surface area (Å²) in [5, 5.41) is 20.3. The number of nitrogen functional groups attached to an aromatic ring is 1. The van der Waals surface area contributed by atoms with Gasteiger partial charge in [-0.25, -0.2) is 24.2 Å². The Morgan fingerprint density at radius 2 is 2.19 bits per heavy atom. The number of aromatic nitrogens is 4. The number of aliphatic hydroxyl groups is 1. The Labute approximate surface area is 180 Å². The van der Waals surface area contributed by atoms with Crippen LogP contribution < -0.4 is 10.9 Å². The van der Waals surface area contributed by atoms with Gasteiger partial charge in [-0.2, -0.15) is 13.5 Å². The molecule has 1 fully saturated rings. The van der Waals surface area contributed by atoms with Crippen LogP contribution in [0.1, 0.15) is 18.2 Å². The maximum atomic E-state index is 14.4. The van der Waals surface area contributed by atoms with Gasteiger partial charge in [0.25, 0.3) is 0 Å². The first-order valence-electron chi connectivity index (χ1n) is 9.06. The van der Waals surface area contributed by atoms with Crippen molar-refractivity contribution in [3.8, 4) is 0 Å². The van der Waals surface area contributed by atoms with Crippen molar-refractivity contribution in [1.29, 1.82) is 0 Å². The zero-order chi connectivity index (χ0) is 22.3. The van der Waals surface area contributed by atoms with Gasteiger partial charge in [-0.1, -0.05) is 17.8 Å². The van der Waals surface area contributed by atoms with Crippen molar-refractivity contribution >= 4 is 38.9 Å². The molecular formula is C17H19FN6O5S2. The Hall–Kier alpha value is -2.36. The lowest BCUT2D eigenvalue weighted by molar-refractivity contribution is -0.0415. The Balaban J connectivity index is 1.67. The number of nitrogens with zero attached hydrogens (tertiary/aromatic N) is 4. The fourth-order valence-electron chi connectivity index (χ4n) is 3.20. The molecule has 166 valence electrons. The molecule has 0 aliphatic carbocycles. The third kappa shape index (κ3) is 4.63. The lowest BCUT2D eigenvalue weighted by atomic mass is 10.2. The molecule has 3 heterocycles. The van der Waals surface area contributed by atoms with E-state index in [0.29, 0.717) is 21.0 Å². The molecular weight excluding hydrogens is 451 g/mol. The van der Waals surface area contributed by atoms with Crippen molar-refractivity contribution in [1.82, 2.24) is 19.7 Å². The number of fused-ring (bicyclic) bond motifs is 1. The van der Waals surface area contributed by atoms with Gasteiger partial charge in [0.05, 0.1) is 18.1 Å². The van der Waals surface area contributed by atoms with Crippen molar-refractivity contribution in [2.45, 2.75) is 41.7 Å². The summed E-state index contributed by atoms with van der Waals surface area (Å²) in [6, 6.07) is 4.82. The first kappa shape index (κ1) is 21.9. The third-order valence-corrected chi connectivity index (χ3v) is 6.15. The van der Waals surface area contributed by atoms with Gasteiger partial charge in [0.15, 0.2) is 11.9 Å². The standard InChI is InChI=1S/C17H19FN6O5S2/c1-8-2-3-12(9(18)4-8)30-17-14-15(19)21-7-22-16(14)24(23-17)13-5-10(25)11(29-13)6-28-31(20,26)27/h2-4,7,10-11,13,25H,5-6H2,1H3,(H2,19,21,22)(H2,20,26,27)/t10-,11-,13-/m1/s1. The molecule has 0 radical (unpaired) electrons. The van der Waals surface area contributed by atoms with E-state index in [-0.39, 0.29) is 12.2 Å². The van der Waals surface area contributed by atoms with Gasteiger partial charge in [-0.15, -0.1) is 0 Å². The maximum absolute atomic E-state index is 14.4. The molecule has 0 unspecified atom stereocenters. The van der Waals surface area contributed by atoms with Crippen LogP contribution in [0.2, 0.25) is 0 Å². The minimum Gasteiger partial charge on any atom is -0.390 e. The second-order valence-electron chi connectivity index (χ2n) is 6.95. The number of hydrogen-bond acceptors (Lipinski definition) is 10. The van der Waals surface area contributed by atoms with Crippen LogP contribution in [0.25, 0.3) is 11.0 Å². The molecule has 0 bridgehead atoms. The molecule has 3 atom stereocenters. The fraction of sp³-hybridized carbons (Fsp3) is 0.353. The second-order valence-corrected chi connectivity index (χ2v) is 9.20. The summed E-state index contributed by atoms with van der Waals surface area (Å²) < 4.78 is 48.1. The highest BCUT2D eigenvalue weighted by Gasteiger charge is 2.38. The van der Waals surface area contributed by atoms with E-state index in [4.69, 9.17) is 15.6 Å². The fourth-order valence-corrected chi connectivity index (χ4v) is 4.46. The smallest absolute Gasteiger partial charge is 0.333 e. The van der Waals surface area contributed by atoms with Crippen molar-refractivity contribution in [2.75, 3.05) is 12.3 Å². The van der Waals surface area contributed by atoms with Crippen LogP contribution in [0.4, 0.5) is 10.2 Å². The Morgan fingerprint density at radius 1 is 1.42 bits per heavy atom. The molecule has 3 aromatic rings. The summed E-state index contributed by atoms with van der Waals surface area (Å²) in [4.78, 5) is 8.54. The number of aryl methyl sites for hydroxylation is 1. The van der Waals surface area contributed by atoms with E-state index in [1.807, 2.05) is 0 Å². The van der Waals surface area contributed by atoms with Crippen LogP contribution in [0.3, 0.4) is 0 Å². The number of nitrogens with two attached hydrogens (primary N) is 2. The summed E-state index contributed by atoms with van der Waals surface area (Å²) in [5.41, 5.74) is 7.14. The van der Waals surface area contributed by atoms with Gasteiger partial charge >= 0.3 is 10.3 Å². The van der Waals surface area contributed by atoms with Crippen molar-refractivity contribution < 1.29 is 26.8 Å². The van der Waals surface area contributed by atoms with E-state index in [1.54, 1.807) is 19.1 Å². The number of benzene rings is 1. The summed E-state index contributed by atoms with van der Waals surface area (Å²) in [6.07, 6.45) is -1.44. The second kappa shape index (κ2) is 8.29.